The van der Waals surface area contributed by atoms with Crippen LogP contribution < -0.4 is 40.8 Å². The second-order valence-electron chi connectivity index (χ2n) is 37.8. The molecule has 0 radical (unpaired) electrons. The van der Waals surface area contributed by atoms with E-state index in [0.717, 1.165) is 115 Å². The number of esters is 1. The van der Waals surface area contributed by atoms with Crippen LogP contribution in [0.4, 0.5) is 20.2 Å². The number of Topliss-reactive ketones (excluding diaryl/α,β-unsaturated/α-hetero) is 2. The average molecular weight is 1600 g/mol. The van der Waals surface area contributed by atoms with E-state index in [1.165, 1.54) is 19.8 Å². The number of fused-ring (bicyclic) bond motifs is 14. The van der Waals surface area contributed by atoms with Crippen molar-refractivity contribution in [2.24, 2.45) is 69.0 Å². The van der Waals surface area contributed by atoms with Crippen LogP contribution in [-0.4, -0.2) is 184 Å². The van der Waals surface area contributed by atoms with Gasteiger partial charge in [-0.3, -0.25) is 28.8 Å². The highest BCUT2D eigenvalue weighted by molar-refractivity contribution is 6.02. The number of piperidine rings is 2. The molecular formula is C89H116F2N6O18. The molecule has 2 aromatic carbocycles. The summed E-state index contributed by atoms with van der Waals surface area (Å²) in [5.41, 5.74) is -1.98. The van der Waals surface area contributed by atoms with Gasteiger partial charge in [0.15, 0.2) is 53.1 Å². The van der Waals surface area contributed by atoms with E-state index in [4.69, 9.17) is 18.9 Å². The number of benzene rings is 2. The minimum Gasteiger partial charge on any atom is -0.492 e. The molecule has 14 aliphatic rings. The monoisotopic (exact) mass is 1590 g/mol. The maximum absolute atomic E-state index is 16.6. The molecular weight excluding hydrogens is 1480 g/mol. The van der Waals surface area contributed by atoms with E-state index in [1.807, 2.05) is 32.8 Å². The predicted molar refractivity (Wildman–Crippen MR) is 425 cm³/mol. The van der Waals surface area contributed by atoms with Gasteiger partial charge in [0.05, 0.1) is 48.2 Å². The zero-order valence-electron chi connectivity index (χ0n) is 68.3. The van der Waals surface area contributed by atoms with Crippen molar-refractivity contribution in [1.29, 1.82) is 0 Å². The van der Waals surface area contributed by atoms with Gasteiger partial charge in [-0.15, -0.1) is 0 Å². The molecule has 18 rings (SSSR count). The number of nitrogens with zero attached hydrogens (tertiary/aromatic N) is 4. The van der Waals surface area contributed by atoms with Gasteiger partial charge in [-0.2, -0.15) is 0 Å². The van der Waals surface area contributed by atoms with E-state index in [9.17, 15) is 69.0 Å². The number of hydrogen-bond donors (Lipinski definition) is 8. The van der Waals surface area contributed by atoms with Gasteiger partial charge in [0.1, 0.15) is 46.9 Å². The van der Waals surface area contributed by atoms with Crippen LogP contribution in [0, 0.1) is 108 Å². The SMILES string of the molecule is COc1c(N2CC3CCCNC3C2)c(F)c(C)c2c(=O)c(C(=O)O)c(C)n(C3CC3)c12.COc1c(N2CC3CCCNC3C2)c(F)c(C)c2c(=O)c(C(=O)OCOCC(=O)[C@@]3(O)CC[C@H]4[C@@H]5CCC6=CC(=O)CC[C@]6(C)[C@H]5[C@@H](O)C[C@@]43C)c(C)n(C3CC3)c12.C[C@]12CCC(=O)C=C1CC[C@@H]1[C@@H]2[C@@H](O)C[C@@]2(C)[C@H]1CC[C@]2(O)C(=O)CO. The number of aliphatic hydroxyl groups is 5. The lowest BCUT2D eigenvalue weighted by Crippen LogP contribution is -2.62. The van der Waals surface area contributed by atoms with Gasteiger partial charge in [0.25, 0.3) is 0 Å². The van der Waals surface area contributed by atoms with E-state index in [-0.39, 0.29) is 128 Å². The first-order chi connectivity index (χ1) is 54.7. The Balaban J connectivity index is 0.000000145. The molecule has 115 heavy (non-hydrogen) atoms. The number of aromatic carboxylic acids is 1. The highest BCUT2D eigenvalue weighted by Gasteiger charge is 2.70. The number of aryl methyl sites for hydroxylation is 2. The van der Waals surface area contributed by atoms with Crippen molar-refractivity contribution < 1.29 is 87.1 Å². The van der Waals surface area contributed by atoms with Crippen molar-refractivity contribution in [3.8, 4) is 11.5 Å². The molecule has 4 aliphatic heterocycles. The molecule has 6 heterocycles. The number of methoxy groups -OCH3 is 2. The number of carboxylic acid groups (broad SMARTS) is 1. The Morgan fingerprint density at radius 1 is 0.565 bits per heavy atom. The third-order valence-electron chi connectivity index (χ3n) is 32.1. The van der Waals surface area contributed by atoms with Crippen molar-refractivity contribution >= 4 is 68.3 Å². The standard InChI is InChI=1S/C45H58FN3O9.C23H28FN3O4.C21H30O5/c1-23-34-38(41(56-5)39(37(23)46)48-19-25-7-6-16-47-31(25)20-48)49(27-9-10-27)24(2)35(40(34)53)42(54)58-22-57-21-33(52)45(55)15-13-30-29-11-8-26-17-28(50)12-14-43(26,3)36(29)32(51)18-44(30,45)4;1-11-16-19(27(14-6-7-14)12(2)17(21(16)28)23(29)30)22(31-3)20(18(11)24)26-9-13-5-4-8-25-15(13)10-26;1-19-7-5-13(23)9-12(19)3-4-14-15-6-8-21(26,17(25)11-22)20(15,2)10-16(24)18(14)19/h17,25,27,29-32,36,47,51,55H,6-16,18-22H2,1-5H3;13-15,25H,4-10H2,1-3H3,(H,29,30);9,14-16,18,22,24,26H,3-8,10-11H2,1-2H3/t25?,29-,30-,31?,32-,36+,43-,44-,45-;;14-,15-,16-,18+,19-,20-,21-/m0.0/s1. The predicted octanol–water partition coefficient (Wildman–Crippen LogP) is 9.99. The van der Waals surface area contributed by atoms with E-state index in [1.54, 1.807) is 39.8 Å². The lowest BCUT2D eigenvalue weighted by molar-refractivity contribution is -0.184. The summed E-state index contributed by atoms with van der Waals surface area (Å²) >= 11 is 0. The number of anilines is 2. The lowest BCUT2D eigenvalue weighted by atomic mass is 9.45. The third kappa shape index (κ3) is 12.7. The Labute approximate surface area is 669 Å². The fraction of sp³-hybridized carbons (Fsp3) is 0.685. The van der Waals surface area contributed by atoms with Crippen molar-refractivity contribution in [3.05, 3.63) is 89.0 Å². The summed E-state index contributed by atoms with van der Waals surface area (Å²) in [5, 5.41) is 72.6. The van der Waals surface area contributed by atoms with Crippen LogP contribution in [0.1, 0.15) is 224 Å². The molecule has 4 aromatic rings. The molecule has 0 spiro atoms. The molecule has 8 saturated carbocycles. The van der Waals surface area contributed by atoms with Crippen molar-refractivity contribution in [3.63, 3.8) is 0 Å². The molecule has 26 heteroatoms. The molecule has 624 valence electrons. The largest absolute Gasteiger partial charge is 0.492 e. The van der Waals surface area contributed by atoms with Crippen LogP contribution in [0.25, 0.3) is 21.8 Å². The van der Waals surface area contributed by atoms with Crippen LogP contribution in [0.5, 0.6) is 11.5 Å². The summed E-state index contributed by atoms with van der Waals surface area (Å²) in [6.07, 6.45) is 18.4. The van der Waals surface area contributed by atoms with E-state index in [2.05, 4.69) is 24.5 Å². The maximum Gasteiger partial charge on any atom is 0.346 e. The fourth-order valence-corrected chi connectivity index (χ4v) is 26.1. The van der Waals surface area contributed by atoms with Gasteiger partial charge in [-0.1, -0.05) is 38.8 Å². The molecule has 4 unspecified atom stereocenters. The minimum absolute atomic E-state index is 0.00719. The van der Waals surface area contributed by atoms with E-state index < -0.39 is 100 Å². The fourth-order valence-electron chi connectivity index (χ4n) is 26.1. The molecule has 0 amide bonds. The molecule has 12 fully saturated rings. The smallest absolute Gasteiger partial charge is 0.346 e. The molecule has 4 saturated heterocycles. The van der Waals surface area contributed by atoms with Crippen molar-refractivity contribution in [1.82, 2.24) is 19.8 Å². The number of nitrogens with one attached hydrogen (secondary N) is 2. The Morgan fingerprint density at radius 2 is 0.991 bits per heavy atom. The van der Waals surface area contributed by atoms with Crippen LogP contribution in [0.15, 0.2) is 32.9 Å². The maximum atomic E-state index is 16.6. The van der Waals surface area contributed by atoms with Gasteiger partial charge in [-0.05, 0) is 240 Å². The Bertz CT molecular complexity index is 4880. The Morgan fingerprint density at radius 3 is 1.40 bits per heavy atom. The number of halogens is 2. The molecule has 2 aromatic heterocycles. The summed E-state index contributed by atoms with van der Waals surface area (Å²) in [6.45, 7) is 17.5. The van der Waals surface area contributed by atoms with Crippen molar-refractivity contribution in [2.45, 2.75) is 244 Å². The molecule has 10 aliphatic carbocycles. The average Bonchev–Trinajstić information content (AvgIpc) is 1.68. The zero-order valence-corrected chi connectivity index (χ0v) is 68.3. The first-order valence-electron chi connectivity index (χ1n) is 42.5. The number of ether oxygens (including phenoxy) is 4. The zero-order chi connectivity index (χ0) is 82.0. The van der Waals surface area contributed by atoms with Gasteiger partial charge >= 0.3 is 11.9 Å². The van der Waals surface area contributed by atoms with Gasteiger partial charge in [-0.25, -0.2) is 18.4 Å². The number of rotatable bonds is 15. The Kier molecular flexibility index (Phi) is 21.2. The van der Waals surface area contributed by atoms with E-state index in [0.29, 0.717) is 116 Å². The Hall–Kier alpha value is -7.30. The highest BCUT2D eigenvalue weighted by Crippen LogP contribution is 2.70. The van der Waals surface area contributed by atoms with Gasteiger partial charge in [0.2, 0.25) is 10.9 Å². The summed E-state index contributed by atoms with van der Waals surface area (Å²) in [7, 11) is 2.99. The van der Waals surface area contributed by atoms with Crippen LogP contribution in [0.3, 0.4) is 0 Å². The van der Waals surface area contributed by atoms with Crippen LogP contribution in [-0.2, 0) is 28.7 Å². The van der Waals surface area contributed by atoms with Crippen molar-refractivity contribution in [2.75, 3.05) is 83.3 Å². The number of hydrogen-bond acceptors (Lipinski definition) is 21. The summed E-state index contributed by atoms with van der Waals surface area (Å²) in [4.78, 5) is 108. The number of carboxylic acids is 1. The number of pyridine rings is 2. The second-order valence-corrected chi connectivity index (χ2v) is 37.8. The van der Waals surface area contributed by atoms with Crippen LogP contribution >= 0.6 is 0 Å². The second kappa shape index (κ2) is 29.9. The third-order valence-corrected chi connectivity index (χ3v) is 32.1. The topological polar surface area (TPSA) is 335 Å². The highest BCUT2D eigenvalue weighted by atomic mass is 19.1. The molecule has 24 nitrogen and oxygen atoms in total. The minimum atomic E-state index is -1.75. The first kappa shape index (κ1) is 81.4. The number of ketones is 4. The normalized spacial score (nSPS) is 35.6. The van der Waals surface area contributed by atoms with Crippen LogP contribution in [0.2, 0.25) is 0 Å². The van der Waals surface area contributed by atoms with Gasteiger partial charge in [0, 0.05) is 96.5 Å². The molecule has 8 N–H and O–H groups in total. The van der Waals surface area contributed by atoms with Gasteiger partial charge < -0.3 is 79.2 Å². The number of aliphatic hydroxyl groups excluding tert-OH is 3. The first-order valence-corrected chi connectivity index (χ1v) is 42.5. The number of allylic oxidation sites excluding steroid dienone is 2. The lowest BCUT2D eigenvalue weighted by Gasteiger charge is -2.60. The van der Waals surface area contributed by atoms with E-state index >= 15 is 8.78 Å². The summed E-state index contributed by atoms with van der Waals surface area (Å²) < 4.78 is 59.1. The summed E-state index contributed by atoms with van der Waals surface area (Å²) in [6, 6.07) is 0.652. The molecule has 18 atom stereocenters. The number of carbonyl (C=O) groups excluding carboxylic acids is 5. The molecule has 0 bridgehead atoms. The number of carbonyl (C=O) groups is 6. The number of aromatic nitrogens is 2. The summed E-state index contributed by atoms with van der Waals surface area (Å²) in [5.74, 6) is -2.00. The quantitative estimate of drug-likeness (QED) is 0.0311.